The Kier molecular flexibility index (Phi) is 3.98. The van der Waals surface area contributed by atoms with Gasteiger partial charge in [-0.05, 0) is 13.8 Å². The first-order valence-electron chi connectivity index (χ1n) is 4.81. The molecule has 1 aromatic rings. The highest BCUT2D eigenvalue weighted by Gasteiger charge is 2.26. The first-order chi connectivity index (χ1) is 7.88. The van der Waals surface area contributed by atoms with Crippen molar-refractivity contribution >= 4 is 5.97 Å². The third kappa shape index (κ3) is 2.69. The minimum Gasteiger partial charge on any atom is -0.485 e. The van der Waals surface area contributed by atoms with E-state index in [1.54, 1.807) is 13.8 Å². The van der Waals surface area contributed by atoms with Gasteiger partial charge in [0.05, 0.1) is 13.2 Å². The average Bonchev–Trinajstić information content (AvgIpc) is 2.23. The zero-order chi connectivity index (χ0) is 13.2. The molecule has 94 valence electrons. The largest absolute Gasteiger partial charge is 0.485 e. The lowest BCUT2D eigenvalue weighted by Gasteiger charge is -2.13. The Morgan fingerprint density at radius 3 is 2.29 bits per heavy atom. The number of benzene rings is 1. The summed E-state index contributed by atoms with van der Waals surface area (Å²) in [5.41, 5.74) is -0.968. The molecule has 0 aliphatic carbocycles. The first-order valence-corrected chi connectivity index (χ1v) is 4.81. The molecular formula is C11H11F3O3. The van der Waals surface area contributed by atoms with Gasteiger partial charge in [-0.25, -0.2) is 18.0 Å². The molecule has 0 fully saturated rings. The van der Waals surface area contributed by atoms with Crippen molar-refractivity contribution in [2.75, 3.05) is 7.11 Å². The van der Waals surface area contributed by atoms with Crippen molar-refractivity contribution in [3.8, 4) is 5.75 Å². The van der Waals surface area contributed by atoms with Crippen molar-refractivity contribution in [3.63, 3.8) is 0 Å². The SMILES string of the molecule is COC(=O)c1c(F)cc(F)c(OC(C)C)c1F. The summed E-state index contributed by atoms with van der Waals surface area (Å²) in [7, 11) is 0.966. The Hall–Kier alpha value is -1.72. The number of esters is 1. The lowest BCUT2D eigenvalue weighted by molar-refractivity contribution is 0.0587. The molecule has 0 bridgehead atoms. The van der Waals surface area contributed by atoms with Crippen LogP contribution in [0.3, 0.4) is 0 Å². The third-order valence-electron chi connectivity index (χ3n) is 1.87. The fourth-order valence-electron chi connectivity index (χ4n) is 1.21. The summed E-state index contributed by atoms with van der Waals surface area (Å²) in [5, 5.41) is 0. The fraction of sp³-hybridized carbons (Fsp3) is 0.364. The second-order valence-corrected chi connectivity index (χ2v) is 3.52. The van der Waals surface area contributed by atoms with Crippen LogP contribution in [0.15, 0.2) is 6.07 Å². The molecule has 0 aliphatic heterocycles. The molecule has 3 nitrogen and oxygen atoms in total. The summed E-state index contributed by atoms with van der Waals surface area (Å²) in [5.74, 6) is -5.96. The Morgan fingerprint density at radius 1 is 1.24 bits per heavy atom. The molecule has 0 unspecified atom stereocenters. The van der Waals surface area contributed by atoms with Crippen LogP contribution in [0.1, 0.15) is 24.2 Å². The number of hydrogen-bond donors (Lipinski definition) is 0. The van der Waals surface area contributed by atoms with Gasteiger partial charge in [-0.3, -0.25) is 0 Å². The maximum Gasteiger partial charge on any atom is 0.344 e. The van der Waals surface area contributed by atoms with E-state index < -0.39 is 40.8 Å². The van der Waals surface area contributed by atoms with Crippen LogP contribution in [0.4, 0.5) is 13.2 Å². The summed E-state index contributed by atoms with van der Waals surface area (Å²) < 4.78 is 49.2. The number of hydrogen-bond acceptors (Lipinski definition) is 3. The van der Waals surface area contributed by atoms with Gasteiger partial charge in [-0.1, -0.05) is 0 Å². The molecule has 0 saturated carbocycles. The normalized spacial score (nSPS) is 10.5. The van der Waals surface area contributed by atoms with Crippen LogP contribution in [-0.2, 0) is 4.74 Å². The minimum absolute atomic E-state index is 0.382. The Balaban J connectivity index is 3.37. The van der Waals surface area contributed by atoms with Crippen LogP contribution in [-0.4, -0.2) is 19.2 Å². The summed E-state index contributed by atoms with van der Waals surface area (Å²) in [4.78, 5) is 11.1. The second-order valence-electron chi connectivity index (χ2n) is 3.52. The highest BCUT2D eigenvalue weighted by atomic mass is 19.1. The van der Waals surface area contributed by atoms with Crippen molar-refractivity contribution in [1.29, 1.82) is 0 Å². The number of halogens is 3. The van der Waals surface area contributed by atoms with E-state index in [1.165, 1.54) is 0 Å². The lowest BCUT2D eigenvalue weighted by atomic mass is 10.1. The van der Waals surface area contributed by atoms with E-state index in [2.05, 4.69) is 4.74 Å². The maximum absolute atomic E-state index is 13.7. The summed E-state index contributed by atoms with van der Waals surface area (Å²) >= 11 is 0. The summed E-state index contributed by atoms with van der Waals surface area (Å²) in [6.45, 7) is 3.08. The number of rotatable bonds is 3. The van der Waals surface area contributed by atoms with Crippen LogP contribution in [0.2, 0.25) is 0 Å². The van der Waals surface area contributed by atoms with E-state index in [0.717, 1.165) is 7.11 Å². The lowest BCUT2D eigenvalue weighted by Crippen LogP contribution is -2.14. The third-order valence-corrected chi connectivity index (χ3v) is 1.87. The van der Waals surface area contributed by atoms with Crippen molar-refractivity contribution in [2.24, 2.45) is 0 Å². The van der Waals surface area contributed by atoms with E-state index in [9.17, 15) is 18.0 Å². The molecule has 0 atom stereocenters. The number of carbonyl (C=O) groups excluding carboxylic acids is 1. The molecule has 0 amide bonds. The quantitative estimate of drug-likeness (QED) is 0.771. The predicted molar refractivity (Wildman–Crippen MR) is 53.4 cm³/mol. The standard InChI is InChI=1S/C11H11F3O3/c1-5(2)17-10-7(13)4-6(12)8(9(10)14)11(15)16-3/h4-5H,1-3H3. The molecule has 1 rings (SSSR count). The smallest absolute Gasteiger partial charge is 0.344 e. The molecule has 6 heteroatoms. The molecule has 0 aromatic heterocycles. The van der Waals surface area contributed by atoms with Crippen LogP contribution < -0.4 is 4.74 Å². The highest BCUT2D eigenvalue weighted by molar-refractivity contribution is 5.90. The van der Waals surface area contributed by atoms with Gasteiger partial charge in [-0.15, -0.1) is 0 Å². The molecule has 17 heavy (non-hydrogen) atoms. The summed E-state index contributed by atoms with van der Waals surface area (Å²) in [6, 6.07) is 0.382. The monoisotopic (exact) mass is 248 g/mol. The molecule has 0 saturated heterocycles. The molecular weight excluding hydrogens is 237 g/mol. The van der Waals surface area contributed by atoms with Crippen LogP contribution in [0.5, 0.6) is 5.75 Å². The Labute approximate surface area is 96.1 Å². The maximum atomic E-state index is 13.7. The van der Waals surface area contributed by atoms with Crippen molar-refractivity contribution in [2.45, 2.75) is 20.0 Å². The van der Waals surface area contributed by atoms with Gasteiger partial charge in [0.1, 0.15) is 11.4 Å². The minimum atomic E-state index is -1.40. The fourth-order valence-corrected chi connectivity index (χ4v) is 1.21. The molecule has 0 heterocycles. The topological polar surface area (TPSA) is 35.5 Å². The van der Waals surface area contributed by atoms with Gasteiger partial charge < -0.3 is 9.47 Å². The van der Waals surface area contributed by atoms with Gasteiger partial charge in [0.15, 0.2) is 17.4 Å². The van der Waals surface area contributed by atoms with E-state index in [0.29, 0.717) is 6.07 Å². The van der Waals surface area contributed by atoms with Gasteiger partial charge in [-0.2, -0.15) is 0 Å². The Bertz CT molecular complexity index is 444. The molecule has 0 radical (unpaired) electrons. The van der Waals surface area contributed by atoms with Crippen molar-refractivity contribution in [1.82, 2.24) is 0 Å². The molecule has 0 N–H and O–H groups in total. The Morgan fingerprint density at radius 2 is 1.82 bits per heavy atom. The molecule has 0 spiro atoms. The first kappa shape index (κ1) is 13.3. The van der Waals surface area contributed by atoms with Gasteiger partial charge in [0, 0.05) is 6.07 Å². The van der Waals surface area contributed by atoms with E-state index in [-0.39, 0.29) is 0 Å². The highest BCUT2D eigenvalue weighted by Crippen LogP contribution is 2.28. The second kappa shape index (κ2) is 5.07. The number of methoxy groups -OCH3 is 1. The van der Waals surface area contributed by atoms with Gasteiger partial charge in [0.2, 0.25) is 0 Å². The molecule has 0 aliphatic rings. The summed E-state index contributed by atoms with van der Waals surface area (Å²) in [6.07, 6.45) is -0.519. The van der Waals surface area contributed by atoms with E-state index >= 15 is 0 Å². The molecule has 1 aromatic carbocycles. The average molecular weight is 248 g/mol. The predicted octanol–water partition coefficient (Wildman–Crippen LogP) is 2.68. The number of carbonyl (C=O) groups is 1. The van der Waals surface area contributed by atoms with Crippen molar-refractivity contribution in [3.05, 3.63) is 29.1 Å². The zero-order valence-electron chi connectivity index (χ0n) is 9.51. The zero-order valence-corrected chi connectivity index (χ0v) is 9.51. The van der Waals surface area contributed by atoms with Crippen molar-refractivity contribution < 1.29 is 27.4 Å². The number of ether oxygens (including phenoxy) is 2. The van der Waals surface area contributed by atoms with E-state index in [4.69, 9.17) is 4.74 Å². The van der Waals surface area contributed by atoms with Gasteiger partial charge in [0.25, 0.3) is 0 Å². The van der Waals surface area contributed by atoms with Gasteiger partial charge >= 0.3 is 5.97 Å². The van der Waals surface area contributed by atoms with Crippen LogP contribution in [0, 0.1) is 17.5 Å². The van der Waals surface area contributed by atoms with Crippen LogP contribution in [0.25, 0.3) is 0 Å². The van der Waals surface area contributed by atoms with E-state index in [1.807, 2.05) is 0 Å². The van der Waals surface area contributed by atoms with Crippen LogP contribution >= 0.6 is 0 Å².